The maximum absolute atomic E-state index is 14.0. The molecule has 0 heterocycles. The third-order valence-corrected chi connectivity index (χ3v) is 9.34. The standard InChI is InChI=1S/C28H28O7P2.C6H6O2/c1-21-5-13-25(14-6-21)31-36(29,32-26-15-7-22(2)8-16-26)35-37(30,33-27-17-9-23(3)10-18-27)34-28-19-11-24(4)12-20-28;7-5-1-2-6(8)4-3-5/h5-20H,1-4H3;1-4,7-8H. The fraction of sp³-hybridized carbons (Fsp3) is 0.118. The van der Waals surface area contributed by atoms with Crippen LogP contribution in [0.4, 0.5) is 0 Å². The van der Waals surface area contributed by atoms with Gasteiger partial charge in [0.1, 0.15) is 34.5 Å². The van der Waals surface area contributed by atoms with Crippen LogP contribution in [-0.4, -0.2) is 10.2 Å². The molecule has 5 rings (SSSR count). The summed E-state index contributed by atoms with van der Waals surface area (Å²) < 4.78 is 56.4. The molecular formula is C34H34O9P2. The normalized spacial score (nSPS) is 11.1. The first-order chi connectivity index (χ1) is 21.4. The molecule has 0 fully saturated rings. The van der Waals surface area contributed by atoms with Gasteiger partial charge in [0, 0.05) is 0 Å². The number of rotatable bonds is 10. The Labute approximate surface area is 262 Å². The van der Waals surface area contributed by atoms with Gasteiger partial charge in [-0.3, -0.25) is 0 Å². The second-order valence-corrected chi connectivity index (χ2v) is 13.3. The Kier molecular flexibility index (Phi) is 11.0. The molecule has 0 aliphatic rings. The van der Waals surface area contributed by atoms with Gasteiger partial charge in [0.25, 0.3) is 0 Å². The smallest absolute Gasteiger partial charge is 0.508 e. The number of phenolic OH excluding ortho intramolecular Hbond substituents is 2. The van der Waals surface area contributed by atoms with E-state index in [1.165, 1.54) is 24.3 Å². The molecule has 0 aliphatic heterocycles. The first-order valence-electron chi connectivity index (χ1n) is 13.8. The average Bonchev–Trinajstić information content (AvgIpc) is 2.99. The first kappa shape index (κ1) is 33.2. The van der Waals surface area contributed by atoms with Crippen LogP contribution in [0.1, 0.15) is 22.3 Å². The molecule has 234 valence electrons. The van der Waals surface area contributed by atoms with E-state index in [9.17, 15) is 9.13 Å². The van der Waals surface area contributed by atoms with E-state index in [2.05, 4.69) is 0 Å². The van der Waals surface area contributed by atoms with Gasteiger partial charge in [-0.15, -0.1) is 4.31 Å². The molecule has 0 spiro atoms. The summed E-state index contributed by atoms with van der Waals surface area (Å²) in [6, 6.07) is 32.8. The predicted molar refractivity (Wildman–Crippen MR) is 173 cm³/mol. The maximum atomic E-state index is 14.0. The van der Waals surface area contributed by atoms with E-state index in [0.717, 1.165) is 22.3 Å². The predicted octanol–water partition coefficient (Wildman–Crippen LogP) is 9.87. The molecule has 45 heavy (non-hydrogen) atoms. The highest BCUT2D eigenvalue weighted by Crippen LogP contribution is 2.64. The number of benzene rings is 5. The maximum Gasteiger partial charge on any atom is 0.598 e. The quantitative estimate of drug-likeness (QED) is 0.113. The van der Waals surface area contributed by atoms with Crippen molar-refractivity contribution in [2.24, 2.45) is 0 Å². The van der Waals surface area contributed by atoms with E-state index in [4.69, 9.17) is 32.6 Å². The molecule has 2 N–H and O–H groups in total. The minimum absolute atomic E-state index is 0.169. The van der Waals surface area contributed by atoms with Crippen LogP contribution < -0.4 is 18.1 Å². The summed E-state index contributed by atoms with van der Waals surface area (Å²) in [6.45, 7) is 7.62. The first-order valence-corrected chi connectivity index (χ1v) is 16.8. The molecule has 0 atom stereocenters. The summed E-state index contributed by atoms with van der Waals surface area (Å²) >= 11 is 0. The van der Waals surface area contributed by atoms with Crippen molar-refractivity contribution in [1.29, 1.82) is 0 Å². The minimum atomic E-state index is -4.62. The van der Waals surface area contributed by atoms with Crippen molar-refractivity contribution in [3.8, 4) is 34.5 Å². The van der Waals surface area contributed by atoms with Crippen LogP contribution >= 0.6 is 15.6 Å². The Bertz CT molecular complexity index is 1520. The van der Waals surface area contributed by atoms with Gasteiger partial charge in [-0.2, -0.15) is 0 Å². The topological polar surface area (TPSA) is 121 Å². The van der Waals surface area contributed by atoms with Crippen LogP contribution in [0.3, 0.4) is 0 Å². The summed E-state index contributed by atoms with van der Waals surface area (Å²) in [6.07, 6.45) is 0. The van der Waals surface area contributed by atoms with Crippen molar-refractivity contribution < 1.29 is 41.7 Å². The number of hydrogen-bond acceptors (Lipinski definition) is 9. The second-order valence-electron chi connectivity index (χ2n) is 10.1. The van der Waals surface area contributed by atoms with E-state index in [1.807, 2.05) is 27.7 Å². The number of hydrogen-bond donors (Lipinski definition) is 2. The number of aryl methyl sites for hydroxylation is 4. The summed E-state index contributed by atoms with van der Waals surface area (Å²) in [7, 11) is -9.24. The van der Waals surface area contributed by atoms with Gasteiger partial charge in [0.2, 0.25) is 0 Å². The van der Waals surface area contributed by atoms with Crippen molar-refractivity contribution in [1.82, 2.24) is 0 Å². The average molecular weight is 649 g/mol. The van der Waals surface area contributed by atoms with E-state index < -0.39 is 15.6 Å². The van der Waals surface area contributed by atoms with E-state index in [1.54, 1.807) is 97.1 Å². The van der Waals surface area contributed by atoms with Gasteiger partial charge in [-0.25, -0.2) is 9.13 Å². The lowest BCUT2D eigenvalue weighted by atomic mass is 10.2. The lowest BCUT2D eigenvalue weighted by Crippen LogP contribution is -2.10. The Morgan fingerprint density at radius 3 is 0.778 bits per heavy atom. The van der Waals surface area contributed by atoms with Gasteiger partial charge < -0.3 is 28.3 Å². The van der Waals surface area contributed by atoms with Crippen molar-refractivity contribution in [2.75, 3.05) is 0 Å². The number of phenols is 2. The van der Waals surface area contributed by atoms with Gasteiger partial charge in [0.05, 0.1) is 0 Å². The molecule has 5 aromatic rings. The highest BCUT2D eigenvalue weighted by molar-refractivity contribution is 7.63. The van der Waals surface area contributed by atoms with E-state index in [0.29, 0.717) is 0 Å². The molecule has 5 aromatic carbocycles. The molecule has 0 unspecified atom stereocenters. The summed E-state index contributed by atoms with van der Waals surface area (Å²) in [5, 5.41) is 17.3. The molecule has 0 amide bonds. The number of phosphoric ester groups is 2. The molecule has 0 saturated carbocycles. The second kappa shape index (κ2) is 14.9. The Morgan fingerprint density at radius 2 is 0.578 bits per heavy atom. The zero-order chi connectivity index (χ0) is 32.5. The molecule has 11 heteroatoms. The van der Waals surface area contributed by atoms with Gasteiger partial charge in [-0.05, 0) is 100 Å². The van der Waals surface area contributed by atoms with Gasteiger partial charge in [-0.1, -0.05) is 70.8 Å². The zero-order valence-electron chi connectivity index (χ0n) is 25.2. The lowest BCUT2D eigenvalue weighted by Gasteiger charge is -2.24. The van der Waals surface area contributed by atoms with Crippen LogP contribution in [0, 0.1) is 27.7 Å². The van der Waals surface area contributed by atoms with Crippen molar-refractivity contribution in [3.05, 3.63) is 144 Å². The monoisotopic (exact) mass is 648 g/mol. The van der Waals surface area contributed by atoms with Crippen LogP contribution in [0.15, 0.2) is 121 Å². The highest BCUT2D eigenvalue weighted by Gasteiger charge is 2.46. The van der Waals surface area contributed by atoms with Crippen molar-refractivity contribution in [2.45, 2.75) is 27.7 Å². The number of aromatic hydroxyl groups is 2. The molecule has 0 saturated heterocycles. The Balaban J connectivity index is 0.000000501. The Morgan fingerprint density at radius 1 is 0.378 bits per heavy atom. The Hall–Kier alpha value is -4.68. The fourth-order valence-electron chi connectivity index (χ4n) is 3.59. The lowest BCUT2D eigenvalue weighted by molar-refractivity contribution is 0.243. The van der Waals surface area contributed by atoms with Crippen LogP contribution in [0.2, 0.25) is 0 Å². The van der Waals surface area contributed by atoms with Gasteiger partial charge >= 0.3 is 15.6 Å². The molecular weight excluding hydrogens is 614 g/mol. The minimum Gasteiger partial charge on any atom is -0.508 e. The number of phosphoric acid groups is 2. The molecule has 0 aromatic heterocycles. The molecule has 0 radical (unpaired) electrons. The third-order valence-electron chi connectivity index (χ3n) is 6.00. The fourth-order valence-corrected chi connectivity index (χ4v) is 6.70. The van der Waals surface area contributed by atoms with Crippen LogP contribution in [-0.2, 0) is 13.4 Å². The van der Waals surface area contributed by atoms with Crippen molar-refractivity contribution >= 4 is 15.6 Å². The van der Waals surface area contributed by atoms with Crippen LogP contribution in [0.5, 0.6) is 34.5 Å². The summed E-state index contributed by atoms with van der Waals surface area (Å²) in [5.41, 5.74) is 3.88. The highest BCUT2D eigenvalue weighted by atomic mass is 31.3. The SMILES string of the molecule is Cc1ccc(OP(=O)(Oc2ccc(C)cc2)OP(=O)(Oc2ccc(C)cc2)Oc2ccc(C)cc2)cc1.Oc1ccc(O)cc1. The summed E-state index contributed by atoms with van der Waals surface area (Å²) in [4.78, 5) is 0. The van der Waals surface area contributed by atoms with E-state index >= 15 is 0 Å². The molecule has 9 nitrogen and oxygen atoms in total. The molecule has 0 bridgehead atoms. The largest absolute Gasteiger partial charge is 0.598 e. The van der Waals surface area contributed by atoms with Crippen LogP contribution in [0.25, 0.3) is 0 Å². The summed E-state index contributed by atoms with van der Waals surface area (Å²) in [5.74, 6) is 1.11. The van der Waals surface area contributed by atoms with Crippen molar-refractivity contribution in [3.63, 3.8) is 0 Å². The van der Waals surface area contributed by atoms with Gasteiger partial charge in [0.15, 0.2) is 0 Å². The molecule has 0 aliphatic carbocycles. The zero-order valence-corrected chi connectivity index (χ0v) is 27.0. The van der Waals surface area contributed by atoms with E-state index in [-0.39, 0.29) is 34.5 Å². The third kappa shape index (κ3) is 10.8.